The molecule has 0 aromatic rings. The van der Waals surface area contributed by atoms with Crippen LogP contribution in [-0.2, 0) is 0 Å². The van der Waals surface area contributed by atoms with Crippen molar-refractivity contribution in [3.63, 3.8) is 0 Å². The summed E-state index contributed by atoms with van der Waals surface area (Å²) in [7, 11) is 0. The van der Waals surface area contributed by atoms with Gasteiger partial charge in [-0.2, -0.15) is 0 Å². The van der Waals surface area contributed by atoms with Gasteiger partial charge in [-0.1, -0.05) is 20.8 Å². The summed E-state index contributed by atoms with van der Waals surface area (Å²) in [5.74, 6) is 7.49. The number of hydrogen-bond acceptors (Lipinski definition) is 0. The van der Waals surface area contributed by atoms with Gasteiger partial charge in [0.25, 0.3) is 0 Å². The fraction of sp³-hybridized carbons (Fsp3) is 1.00. The Balaban J connectivity index is 1.80. The molecule has 0 radical (unpaired) electrons. The zero-order valence-electron chi connectivity index (χ0n) is 10.6. The van der Waals surface area contributed by atoms with E-state index in [-0.39, 0.29) is 0 Å². The molecule has 4 fully saturated rings. The van der Waals surface area contributed by atoms with Gasteiger partial charge in [0, 0.05) is 0 Å². The standard InChI is InChI=1S/C15H26/c1-9(2)10(3)15-13-5-11-4-12(7-13)8-14(15)6-11/h9-15H,4-8H2,1-3H3. The van der Waals surface area contributed by atoms with Crippen LogP contribution in [0.15, 0.2) is 0 Å². The van der Waals surface area contributed by atoms with Crippen LogP contribution in [0.3, 0.4) is 0 Å². The fourth-order valence-corrected chi connectivity index (χ4v) is 5.27. The Hall–Kier alpha value is 0. The second-order valence-corrected chi connectivity index (χ2v) is 7.11. The highest BCUT2D eigenvalue weighted by molar-refractivity contribution is 4.99. The van der Waals surface area contributed by atoms with Gasteiger partial charge < -0.3 is 0 Å². The van der Waals surface area contributed by atoms with E-state index >= 15 is 0 Å². The van der Waals surface area contributed by atoms with Gasteiger partial charge in [-0.3, -0.25) is 0 Å². The molecule has 0 aliphatic heterocycles. The Labute approximate surface area is 94.8 Å². The van der Waals surface area contributed by atoms with E-state index in [4.69, 9.17) is 0 Å². The molecule has 4 bridgehead atoms. The van der Waals surface area contributed by atoms with Gasteiger partial charge in [-0.25, -0.2) is 0 Å². The molecular weight excluding hydrogens is 180 g/mol. The molecule has 0 spiro atoms. The van der Waals surface area contributed by atoms with E-state index in [9.17, 15) is 0 Å². The van der Waals surface area contributed by atoms with Crippen molar-refractivity contribution in [2.75, 3.05) is 0 Å². The molecule has 0 amide bonds. The van der Waals surface area contributed by atoms with Crippen LogP contribution in [-0.4, -0.2) is 0 Å². The molecule has 4 aliphatic carbocycles. The zero-order chi connectivity index (χ0) is 10.6. The van der Waals surface area contributed by atoms with Crippen LogP contribution in [0.1, 0.15) is 52.9 Å². The van der Waals surface area contributed by atoms with Crippen LogP contribution in [0.5, 0.6) is 0 Å². The van der Waals surface area contributed by atoms with Crippen LogP contribution in [0, 0.1) is 41.4 Å². The van der Waals surface area contributed by atoms with Gasteiger partial charge in [0.15, 0.2) is 0 Å². The van der Waals surface area contributed by atoms with E-state index in [0.29, 0.717) is 0 Å². The summed E-state index contributed by atoms with van der Waals surface area (Å²) in [5, 5.41) is 0. The summed E-state index contributed by atoms with van der Waals surface area (Å²) in [6.45, 7) is 7.38. The molecule has 1 atom stereocenters. The Bertz CT molecular complexity index is 212. The lowest BCUT2D eigenvalue weighted by atomic mass is 9.49. The highest BCUT2D eigenvalue weighted by Gasteiger charge is 2.49. The molecule has 4 rings (SSSR count). The van der Waals surface area contributed by atoms with Gasteiger partial charge in [0.2, 0.25) is 0 Å². The van der Waals surface area contributed by atoms with E-state index in [0.717, 1.165) is 41.4 Å². The normalized spacial score (nSPS) is 50.0. The van der Waals surface area contributed by atoms with Crippen molar-refractivity contribution in [2.24, 2.45) is 41.4 Å². The maximum Gasteiger partial charge on any atom is -0.0329 e. The van der Waals surface area contributed by atoms with E-state index in [1.54, 1.807) is 32.1 Å². The Morgan fingerprint density at radius 2 is 1.20 bits per heavy atom. The van der Waals surface area contributed by atoms with Crippen LogP contribution in [0.4, 0.5) is 0 Å². The molecule has 86 valence electrons. The second kappa shape index (κ2) is 3.50. The molecule has 0 nitrogen and oxygen atoms in total. The molecule has 4 aliphatic rings. The predicted molar refractivity (Wildman–Crippen MR) is 64.5 cm³/mol. The lowest BCUT2D eigenvalue weighted by Crippen LogP contribution is -2.48. The monoisotopic (exact) mass is 206 g/mol. The predicted octanol–water partition coefficient (Wildman–Crippen LogP) is 4.35. The van der Waals surface area contributed by atoms with E-state index < -0.39 is 0 Å². The Morgan fingerprint density at radius 1 is 0.733 bits per heavy atom. The van der Waals surface area contributed by atoms with E-state index in [2.05, 4.69) is 20.8 Å². The summed E-state index contributed by atoms with van der Waals surface area (Å²) in [5.41, 5.74) is 0. The van der Waals surface area contributed by atoms with Crippen molar-refractivity contribution >= 4 is 0 Å². The summed E-state index contributed by atoms with van der Waals surface area (Å²) >= 11 is 0. The largest absolute Gasteiger partial charge is 0.0625 e. The third kappa shape index (κ3) is 1.56. The fourth-order valence-electron chi connectivity index (χ4n) is 5.27. The maximum atomic E-state index is 2.53. The molecule has 0 aromatic carbocycles. The van der Waals surface area contributed by atoms with E-state index in [1.165, 1.54) is 0 Å². The van der Waals surface area contributed by atoms with Gasteiger partial charge >= 0.3 is 0 Å². The SMILES string of the molecule is CC(C)C(C)C1C2CC3CC(C2)CC1C3. The van der Waals surface area contributed by atoms with Crippen molar-refractivity contribution in [2.45, 2.75) is 52.9 Å². The summed E-state index contributed by atoms with van der Waals surface area (Å²) in [6.07, 6.45) is 7.96. The average Bonchev–Trinajstić information content (AvgIpc) is 2.15. The minimum Gasteiger partial charge on any atom is -0.0625 e. The first-order valence-corrected chi connectivity index (χ1v) is 7.15. The van der Waals surface area contributed by atoms with Crippen LogP contribution in [0.25, 0.3) is 0 Å². The molecule has 1 unspecified atom stereocenters. The van der Waals surface area contributed by atoms with Crippen LogP contribution >= 0.6 is 0 Å². The summed E-state index contributed by atoms with van der Waals surface area (Å²) in [4.78, 5) is 0. The van der Waals surface area contributed by atoms with Crippen molar-refractivity contribution in [1.82, 2.24) is 0 Å². The van der Waals surface area contributed by atoms with Gasteiger partial charge in [-0.15, -0.1) is 0 Å². The number of hydrogen-bond donors (Lipinski definition) is 0. The molecule has 0 heteroatoms. The van der Waals surface area contributed by atoms with Gasteiger partial charge in [-0.05, 0) is 73.5 Å². The van der Waals surface area contributed by atoms with Crippen molar-refractivity contribution in [3.8, 4) is 0 Å². The van der Waals surface area contributed by atoms with Gasteiger partial charge in [0.1, 0.15) is 0 Å². The third-order valence-electron chi connectivity index (χ3n) is 5.96. The highest BCUT2D eigenvalue weighted by atomic mass is 14.5. The maximum absolute atomic E-state index is 2.53. The first-order valence-electron chi connectivity index (χ1n) is 7.15. The van der Waals surface area contributed by atoms with Crippen molar-refractivity contribution in [3.05, 3.63) is 0 Å². The Kier molecular flexibility index (Phi) is 2.37. The van der Waals surface area contributed by atoms with Crippen LogP contribution < -0.4 is 0 Å². The topological polar surface area (TPSA) is 0 Å². The first kappa shape index (κ1) is 10.2. The minimum absolute atomic E-state index is 0.896. The Morgan fingerprint density at radius 3 is 1.60 bits per heavy atom. The molecule has 0 saturated heterocycles. The molecule has 0 aromatic heterocycles. The highest BCUT2D eigenvalue weighted by Crippen LogP contribution is 2.58. The second-order valence-electron chi connectivity index (χ2n) is 7.11. The first-order chi connectivity index (χ1) is 7.15. The molecule has 15 heavy (non-hydrogen) atoms. The molecule has 0 N–H and O–H groups in total. The van der Waals surface area contributed by atoms with E-state index in [1.807, 2.05) is 0 Å². The minimum atomic E-state index is 0.896. The molecule has 0 heterocycles. The average molecular weight is 206 g/mol. The molecule has 4 saturated carbocycles. The lowest BCUT2D eigenvalue weighted by molar-refractivity contribution is -0.0663. The summed E-state index contributed by atoms with van der Waals surface area (Å²) < 4.78 is 0. The number of rotatable bonds is 2. The quantitative estimate of drug-likeness (QED) is 0.630. The smallest absolute Gasteiger partial charge is 0.0329 e. The van der Waals surface area contributed by atoms with Gasteiger partial charge in [0.05, 0.1) is 0 Å². The lowest BCUT2D eigenvalue weighted by Gasteiger charge is -2.56. The van der Waals surface area contributed by atoms with Crippen molar-refractivity contribution < 1.29 is 0 Å². The zero-order valence-corrected chi connectivity index (χ0v) is 10.6. The van der Waals surface area contributed by atoms with Crippen LogP contribution in [0.2, 0.25) is 0 Å². The molecular formula is C15H26. The summed E-state index contributed by atoms with van der Waals surface area (Å²) in [6, 6.07) is 0. The third-order valence-corrected chi connectivity index (χ3v) is 5.96. The van der Waals surface area contributed by atoms with Crippen molar-refractivity contribution in [1.29, 1.82) is 0 Å².